The van der Waals surface area contributed by atoms with Gasteiger partial charge in [-0.3, -0.25) is 4.79 Å². The lowest BCUT2D eigenvalue weighted by molar-refractivity contribution is 0.0951. The Hall–Kier alpha value is -2.17. The highest BCUT2D eigenvalue weighted by molar-refractivity contribution is 5.97. The first-order valence-electron chi connectivity index (χ1n) is 12.0. The number of likely N-dealkylation sites (tertiary alicyclic amines) is 1. The molecule has 0 radical (unpaired) electrons. The molecule has 1 fully saturated rings. The fourth-order valence-electron chi connectivity index (χ4n) is 5.21. The average Bonchev–Trinajstić information content (AvgIpc) is 3.03. The molecule has 3 aromatic carbocycles. The molecule has 2 aliphatic rings. The highest BCUT2D eigenvalue weighted by Gasteiger charge is 2.21. The van der Waals surface area contributed by atoms with Gasteiger partial charge < -0.3 is 10.2 Å². The highest BCUT2D eigenvalue weighted by Crippen LogP contribution is 2.30. The van der Waals surface area contributed by atoms with E-state index in [1.54, 1.807) is 0 Å². The number of hydrogen-bond acceptors (Lipinski definition) is 3. The number of carbonyl (C=O) groups excluding carboxylic acids is 1. The van der Waals surface area contributed by atoms with Crippen molar-refractivity contribution in [3.63, 3.8) is 0 Å². The Morgan fingerprint density at radius 2 is 1.50 bits per heavy atom. The molecule has 0 amide bonds. The lowest BCUT2D eigenvalue weighted by Gasteiger charge is -2.31. The van der Waals surface area contributed by atoms with Crippen LogP contribution < -0.4 is 5.32 Å². The largest absolute Gasteiger partial charge is 0.309 e. The number of benzene rings is 3. The molecular formula is C29H34Cl2N2O. The molecule has 5 rings (SSSR count). The SMILES string of the molecule is Cl.Cl.O=C(CCN1CCC(Cc2ccccc2)CC1)c1ccc2c(c1)CNCc1ccccc1-2. The van der Waals surface area contributed by atoms with Crippen LogP contribution >= 0.6 is 24.8 Å². The molecule has 3 aromatic rings. The summed E-state index contributed by atoms with van der Waals surface area (Å²) in [7, 11) is 0. The molecule has 0 unspecified atom stereocenters. The number of Topliss-reactive ketones (excluding diaryl/α,β-unsaturated/α-hetero) is 1. The zero-order chi connectivity index (χ0) is 21.8. The van der Waals surface area contributed by atoms with Gasteiger partial charge in [0.1, 0.15) is 0 Å². The molecule has 0 bridgehead atoms. The molecule has 2 aliphatic heterocycles. The van der Waals surface area contributed by atoms with Crippen molar-refractivity contribution in [1.82, 2.24) is 10.2 Å². The van der Waals surface area contributed by atoms with E-state index < -0.39 is 0 Å². The van der Waals surface area contributed by atoms with Gasteiger partial charge in [0.15, 0.2) is 5.78 Å². The minimum absolute atomic E-state index is 0. The first kappa shape index (κ1) is 26.4. The summed E-state index contributed by atoms with van der Waals surface area (Å²) in [5, 5.41) is 3.51. The molecule has 34 heavy (non-hydrogen) atoms. The lowest BCUT2D eigenvalue weighted by Crippen LogP contribution is -2.35. The van der Waals surface area contributed by atoms with Gasteiger partial charge in [0.2, 0.25) is 0 Å². The molecule has 0 aliphatic carbocycles. The van der Waals surface area contributed by atoms with E-state index in [9.17, 15) is 4.79 Å². The van der Waals surface area contributed by atoms with E-state index in [0.717, 1.165) is 44.2 Å². The van der Waals surface area contributed by atoms with E-state index in [0.29, 0.717) is 6.42 Å². The molecule has 2 heterocycles. The fourth-order valence-corrected chi connectivity index (χ4v) is 5.21. The fraction of sp³-hybridized carbons (Fsp3) is 0.345. The van der Waals surface area contributed by atoms with Crippen molar-refractivity contribution in [2.24, 2.45) is 5.92 Å². The third kappa shape index (κ3) is 6.28. The number of fused-ring (bicyclic) bond motifs is 3. The predicted molar refractivity (Wildman–Crippen MR) is 145 cm³/mol. The van der Waals surface area contributed by atoms with Crippen molar-refractivity contribution in [2.45, 2.75) is 38.8 Å². The quantitative estimate of drug-likeness (QED) is 0.404. The van der Waals surface area contributed by atoms with Crippen molar-refractivity contribution < 1.29 is 4.79 Å². The van der Waals surface area contributed by atoms with Gasteiger partial charge in [-0.25, -0.2) is 0 Å². The topological polar surface area (TPSA) is 32.3 Å². The van der Waals surface area contributed by atoms with Gasteiger partial charge in [-0.05, 0) is 72.2 Å². The summed E-state index contributed by atoms with van der Waals surface area (Å²) < 4.78 is 0. The zero-order valence-corrected chi connectivity index (χ0v) is 21.2. The Morgan fingerprint density at radius 1 is 0.824 bits per heavy atom. The summed E-state index contributed by atoms with van der Waals surface area (Å²) in [5.41, 5.74) is 7.38. The molecule has 0 atom stereocenters. The van der Waals surface area contributed by atoms with Gasteiger partial charge in [0.25, 0.3) is 0 Å². The van der Waals surface area contributed by atoms with Crippen LogP contribution in [0.25, 0.3) is 11.1 Å². The van der Waals surface area contributed by atoms with Crippen LogP contribution in [0, 0.1) is 5.92 Å². The van der Waals surface area contributed by atoms with Gasteiger partial charge in [-0.1, -0.05) is 66.7 Å². The number of piperidine rings is 1. The molecule has 0 aromatic heterocycles. The first-order valence-corrected chi connectivity index (χ1v) is 12.0. The monoisotopic (exact) mass is 496 g/mol. The lowest BCUT2D eigenvalue weighted by atomic mass is 9.90. The maximum absolute atomic E-state index is 13.0. The Kier molecular flexibility index (Phi) is 9.73. The van der Waals surface area contributed by atoms with Crippen molar-refractivity contribution in [1.29, 1.82) is 0 Å². The highest BCUT2D eigenvalue weighted by atomic mass is 35.5. The second-order valence-electron chi connectivity index (χ2n) is 9.28. The number of ketones is 1. The van der Waals surface area contributed by atoms with E-state index in [2.05, 4.69) is 76.9 Å². The Balaban J connectivity index is 0.00000162. The maximum Gasteiger partial charge on any atom is 0.164 e. The Morgan fingerprint density at radius 3 is 2.29 bits per heavy atom. The zero-order valence-electron chi connectivity index (χ0n) is 19.5. The summed E-state index contributed by atoms with van der Waals surface area (Å²) in [6.07, 6.45) is 4.24. The Labute approximate surface area is 215 Å². The summed E-state index contributed by atoms with van der Waals surface area (Å²) in [5.74, 6) is 1.03. The molecule has 5 heteroatoms. The van der Waals surface area contributed by atoms with Crippen molar-refractivity contribution in [3.05, 3.63) is 95.1 Å². The number of hydrogen-bond donors (Lipinski definition) is 1. The van der Waals surface area contributed by atoms with Crippen molar-refractivity contribution in [2.75, 3.05) is 19.6 Å². The van der Waals surface area contributed by atoms with Crippen LogP contribution in [0.5, 0.6) is 0 Å². The standard InChI is InChI=1S/C29H32N2O.2ClH/c32-29(14-17-31-15-12-23(13-16-31)18-22-6-2-1-3-7-22)24-10-11-28-26(19-24)21-30-20-25-8-4-5-9-27(25)28;;/h1-11,19,23,30H,12-18,20-21H2;2*1H. The normalized spacial score (nSPS) is 15.8. The van der Waals surface area contributed by atoms with E-state index >= 15 is 0 Å². The molecular weight excluding hydrogens is 463 g/mol. The third-order valence-corrected chi connectivity index (χ3v) is 7.10. The molecule has 0 saturated carbocycles. The smallest absolute Gasteiger partial charge is 0.164 e. The third-order valence-electron chi connectivity index (χ3n) is 7.10. The number of rotatable bonds is 6. The van der Waals surface area contributed by atoms with E-state index in [-0.39, 0.29) is 30.6 Å². The minimum atomic E-state index is 0. The van der Waals surface area contributed by atoms with Crippen LogP contribution in [0.3, 0.4) is 0 Å². The molecule has 1 saturated heterocycles. The Bertz CT molecular complexity index is 1080. The van der Waals surface area contributed by atoms with Crippen molar-refractivity contribution in [3.8, 4) is 11.1 Å². The molecule has 1 N–H and O–H groups in total. The average molecular weight is 498 g/mol. The van der Waals surface area contributed by atoms with Gasteiger partial charge >= 0.3 is 0 Å². The number of nitrogens with zero attached hydrogens (tertiary/aromatic N) is 1. The van der Waals surface area contributed by atoms with E-state index in [1.807, 2.05) is 6.07 Å². The number of carbonyl (C=O) groups is 1. The summed E-state index contributed by atoms with van der Waals surface area (Å²) in [6, 6.07) is 25.6. The van der Waals surface area contributed by atoms with E-state index in [1.165, 1.54) is 47.1 Å². The van der Waals surface area contributed by atoms with Crippen molar-refractivity contribution >= 4 is 30.6 Å². The second-order valence-corrected chi connectivity index (χ2v) is 9.28. The van der Waals surface area contributed by atoms with Gasteiger partial charge in [0, 0.05) is 31.6 Å². The maximum atomic E-state index is 13.0. The van der Waals surface area contributed by atoms with Crippen LogP contribution in [0.4, 0.5) is 0 Å². The number of halogens is 2. The first-order chi connectivity index (χ1) is 15.8. The van der Waals surface area contributed by atoms with Gasteiger partial charge in [-0.15, -0.1) is 24.8 Å². The van der Waals surface area contributed by atoms with Crippen LogP contribution in [0.2, 0.25) is 0 Å². The molecule has 180 valence electrons. The van der Waals surface area contributed by atoms with E-state index in [4.69, 9.17) is 0 Å². The van der Waals surface area contributed by atoms with Crippen LogP contribution in [0.15, 0.2) is 72.8 Å². The second kappa shape index (κ2) is 12.5. The van der Waals surface area contributed by atoms with Crippen LogP contribution in [-0.2, 0) is 19.5 Å². The summed E-state index contributed by atoms with van der Waals surface area (Å²) in [4.78, 5) is 15.4. The molecule has 3 nitrogen and oxygen atoms in total. The van der Waals surface area contributed by atoms with Gasteiger partial charge in [-0.2, -0.15) is 0 Å². The number of nitrogens with one attached hydrogen (secondary N) is 1. The minimum Gasteiger partial charge on any atom is -0.309 e. The summed E-state index contributed by atoms with van der Waals surface area (Å²) >= 11 is 0. The van der Waals surface area contributed by atoms with Gasteiger partial charge in [0.05, 0.1) is 0 Å². The summed E-state index contributed by atoms with van der Waals surface area (Å²) in [6.45, 7) is 4.76. The predicted octanol–water partition coefficient (Wildman–Crippen LogP) is 6.33. The van der Waals surface area contributed by atoms with Crippen LogP contribution in [-0.4, -0.2) is 30.3 Å². The van der Waals surface area contributed by atoms with Crippen LogP contribution in [0.1, 0.15) is 46.3 Å². The molecule has 0 spiro atoms.